The van der Waals surface area contributed by atoms with Gasteiger partial charge in [-0.15, -0.1) is 0 Å². The zero-order valence-electron chi connectivity index (χ0n) is 21.9. The van der Waals surface area contributed by atoms with Crippen molar-refractivity contribution in [3.05, 3.63) is 72.3 Å². The molecule has 0 bridgehead atoms. The molecule has 3 aromatic carbocycles. The molecular formula is C30H33N5O4. The van der Waals surface area contributed by atoms with E-state index < -0.39 is 0 Å². The van der Waals surface area contributed by atoms with Crippen molar-refractivity contribution in [2.75, 3.05) is 76.0 Å². The molecular weight excluding hydrogens is 494 g/mol. The lowest BCUT2D eigenvalue weighted by Crippen LogP contribution is -2.38. The number of nitrogens with one attached hydrogen (secondary N) is 2. The number of benzene rings is 3. The Bertz CT molecular complexity index is 1390. The lowest BCUT2D eigenvalue weighted by molar-refractivity contribution is 0.0322. The number of rotatable bonds is 8. The molecule has 3 heterocycles. The molecule has 2 fully saturated rings. The van der Waals surface area contributed by atoms with Crippen LogP contribution in [0.15, 0.2) is 66.7 Å². The van der Waals surface area contributed by atoms with Gasteiger partial charge in [-0.3, -0.25) is 9.69 Å². The number of amides is 1. The third-order valence-corrected chi connectivity index (χ3v) is 7.16. The number of aromatic nitrogens is 2. The third kappa shape index (κ3) is 6.22. The van der Waals surface area contributed by atoms with Crippen LogP contribution in [0, 0.1) is 0 Å². The maximum Gasteiger partial charge on any atom is 0.255 e. The Morgan fingerprint density at radius 3 is 2.36 bits per heavy atom. The summed E-state index contributed by atoms with van der Waals surface area (Å²) in [5.41, 5.74) is 5.18. The Balaban J connectivity index is 1.06. The third-order valence-electron chi connectivity index (χ3n) is 7.16. The quantitative estimate of drug-likeness (QED) is 0.358. The number of hydrogen-bond donors (Lipinski definition) is 2. The number of nitrogens with zero attached hydrogens (tertiary/aromatic N) is 3. The monoisotopic (exact) mass is 527 g/mol. The largest absolute Gasteiger partial charge is 0.492 e. The van der Waals surface area contributed by atoms with Gasteiger partial charge < -0.3 is 29.4 Å². The Kier molecular flexibility index (Phi) is 7.71. The Labute approximate surface area is 227 Å². The molecule has 6 rings (SSSR count). The summed E-state index contributed by atoms with van der Waals surface area (Å²) in [4.78, 5) is 25.6. The van der Waals surface area contributed by atoms with Gasteiger partial charge in [-0.05, 0) is 48.5 Å². The number of carbonyl (C=O) groups is 1. The lowest BCUT2D eigenvalue weighted by Gasteiger charge is -2.28. The molecule has 0 radical (unpaired) electrons. The molecule has 202 valence electrons. The van der Waals surface area contributed by atoms with Gasteiger partial charge in [-0.1, -0.05) is 12.1 Å². The molecule has 0 unspecified atom stereocenters. The van der Waals surface area contributed by atoms with Crippen molar-refractivity contribution in [3.63, 3.8) is 0 Å². The normalized spacial score (nSPS) is 16.4. The Hall–Kier alpha value is -3.92. The molecule has 0 atom stereocenters. The van der Waals surface area contributed by atoms with E-state index in [0.717, 1.165) is 98.7 Å². The number of ether oxygens (including phenoxy) is 3. The fourth-order valence-corrected chi connectivity index (χ4v) is 4.89. The molecule has 2 aliphatic heterocycles. The highest BCUT2D eigenvalue weighted by atomic mass is 16.5. The van der Waals surface area contributed by atoms with Crippen LogP contribution in [0.4, 0.5) is 11.4 Å². The second kappa shape index (κ2) is 11.9. The molecule has 1 aromatic heterocycles. The predicted molar refractivity (Wildman–Crippen MR) is 152 cm³/mol. The van der Waals surface area contributed by atoms with Crippen LogP contribution in [-0.2, 0) is 9.47 Å². The molecule has 1 amide bonds. The highest BCUT2D eigenvalue weighted by Crippen LogP contribution is 2.25. The fourth-order valence-electron chi connectivity index (χ4n) is 4.89. The zero-order valence-corrected chi connectivity index (χ0v) is 21.9. The van der Waals surface area contributed by atoms with E-state index in [2.05, 4.69) is 20.1 Å². The second-order valence-corrected chi connectivity index (χ2v) is 9.74. The van der Waals surface area contributed by atoms with Crippen LogP contribution >= 0.6 is 0 Å². The molecule has 9 nitrogen and oxygen atoms in total. The van der Waals surface area contributed by atoms with Crippen molar-refractivity contribution < 1.29 is 19.0 Å². The van der Waals surface area contributed by atoms with Gasteiger partial charge >= 0.3 is 0 Å². The summed E-state index contributed by atoms with van der Waals surface area (Å²) in [7, 11) is 0. The van der Waals surface area contributed by atoms with Gasteiger partial charge in [-0.2, -0.15) is 0 Å². The second-order valence-electron chi connectivity index (χ2n) is 9.74. The predicted octanol–water partition coefficient (Wildman–Crippen LogP) is 4.03. The SMILES string of the molecule is O=C(Nc1ccc(N2CCOCC2)cc1)c1ccc(-c2nc3ccc(OCCN4CCOCC4)cc3[nH]2)cc1. The summed E-state index contributed by atoms with van der Waals surface area (Å²) in [6.45, 7) is 8.26. The van der Waals surface area contributed by atoms with Crippen LogP contribution in [-0.4, -0.2) is 86.5 Å². The van der Waals surface area contributed by atoms with Gasteiger partial charge in [0, 0.05) is 61.3 Å². The molecule has 9 heteroatoms. The fraction of sp³-hybridized carbons (Fsp3) is 0.333. The molecule has 2 saturated heterocycles. The smallest absolute Gasteiger partial charge is 0.255 e. The minimum Gasteiger partial charge on any atom is -0.492 e. The van der Waals surface area contributed by atoms with Gasteiger partial charge in [0.1, 0.15) is 18.2 Å². The minimum atomic E-state index is -0.149. The molecule has 39 heavy (non-hydrogen) atoms. The molecule has 4 aromatic rings. The van der Waals surface area contributed by atoms with E-state index >= 15 is 0 Å². The molecule has 0 spiro atoms. The van der Waals surface area contributed by atoms with Gasteiger partial charge in [0.05, 0.1) is 37.5 Å². The number of imidazole rings is 1. The van der Waals surface area contributed by atoms with Gasteiger partial charge in [0.2, 0.25) is 0 Å². The van der Waals surface area contributed by atoms with Crippen LogP contribution in [0.1, 0.15) is 10.4 Å². The van der Waals surface area contributed by atoms with Crippen LogP contribution in [0.3, 0.4) is 0 Å². The zero-order chi connectivity index (χ0) is 26.4. The van der Waals surface area contributed by atoms with Crippen molar-refractivity contribution in [2.24, 2.45) is 0 Å². The van der Waals surface area contributed by atoms with Crippen molar-refractivity contribution in [3.8, 4) is 17.1 Å². The number of H-pyrrole nitrogens is 1. The average Bonchev–Trinajstić information content (AvgIpc) is 3.42. The standard InChI is InChI=1S/C30H33N5O4/c36-30(31-24-5-7-25(8-6-24)35-14-18-38-19-15-35)23-3-1-22(2-4-23)29-32-27-10-9-26(21-28(27)33-29)39-20-13-34-11-16-37-17-12-34/h1-10,21H,11-20H2,(H,31,36)(H,32,33). The van der Waals surface area contributed by atoms with Crippen molar-refractivity contribution in [2.45, 2.75) is 0 Å². The van der Waals surface area contributed by atoms with Crippen molar-refractivity contribution in [1.29, 1.82) is 0 Å². The van der Waals surface area contributed by atoms with E-state index in [4.69, 9.17) is 19.2 Å². The average molecular weight is 528 g/mol. The summed E-state index contributed by atoms with van der Waals surface area (Å²) in [6.07, 6.45) is 0. The van der Waals surface area contributed by atoms with Crippen LogP contribution in [0.5, 0.6) is 5.75 Å². The highest BCUT2D eigenvalue weighted by Gasteiger charge is 2.13. The molecule has 2 aliphatic rings. The summed E-state index contributed by atoms with van der Waals surface area (Å²) in [5, 5.41) is 2.98. The first kappa shape index (κ1) is 25.4. The van der Waals surface area contributed by atoms with Gasteiger partial charge in [0.25, 0.3) is 5.91 Å². The number of morpholine rings is 2. The number of hydrogen-bond acceptors (Lipinski definition) is 7. The van der Waals surface area contributed by atoms with E-state index in [1.165, 1.54) is 0 Å². The van der Waals surface area contributed by atoms with Crippen LogP contribution < -0.4 is 15.0 Å². The van der Waals surface area contributed by atoms with E-state index in [9.17, 15) is 4.79 Å². The Morgan fingerprint density at radius 1 is 0.897 bits per heavy atom. The lowest BCUT2D eigenvalue weighted by atomic mass is 10.1. The maximum absolute atomic E-state index is 12.8. The molecule has 0 aliphatic carbocycles. The minimum absolute atomic E-state index is 0.149. The van der Waals surface area contributed by atoms with E-state index in [1.807, 2.05) is 66.7 Å². The number of anilines is 2. The summed E-state index contributed by atoms with van der Waals surface area (Å²) in [5.74, 6) is 1.42. The Morgan fingerprint density at radius 2 is 1.62 bits per heavy atom. The molecule has 2 N–H and O–H groups in total. The van der Waals surface area contributed by atoms with Gasteiger partial charge in [0.15, 0.2) is 0 Å². The first-order valence-corrected chi connectivity index (χ1v) is 13.5. The number of carbonyl (C=O) groups excluding carboxylic acids is 1. The topological polar surface area (TPSA) is 92.0 Å². The summed E-state index contributed by atoms with van der Waals surface area (Å²) < 4.78 is 16.8. The van der Waals surface area contributed by atoms with Crippen molar-refractivity contribution >= 4 is 28.3 Å². The maximum atomic E-state index is 12.8. The first-order valence-electron chi connectivity index (χ1n) is 13.5. The van der Waals surface area contributed by atoms with Crippen LogP contribution in [0.2, 0.25) is 0 Å². The highest BCUT2D eigenvalue weighted by molar-refractivity contribution is 6.04. The van der Waals surface area contributed by atoms with Crippen molar-refractivity contribution in [1.82, 2.24) is 14.9 Å². The number of fused-ring (bicyclic) bond motifs is 1. The van der Waals surface area contributed by atoms with E-state index in [-0.39, 0.29) is 5.91 Å². The number of aromatic amines is 1. The summed E-state index contributed by atoms with van der Waals surface area (Å²) >= 11 is 0. The van der Waals surface area contributed by atoms with E-state index in [0.29, 0.717) is 12.2 Å². The van der Waals surface area contributed by atoms with E-state index in [1.54, 1.807) is 0 Å². The molecule has 0 saturated carbocycles. The van der Waals surface area contributed by atoms with Crippen LogP contribution in [0.25, 0.3) is 22.4 Å². The summed E-state index contributed by atoms with van der Waals surface area (Å²) in [6, 6.07) is 21.3. The first-order chi connectivity index (χ1) is 19.2. The van der Waals surface area contributed by atoms with Gasteiger partial charge in [-0.25, -0.2) is 4.98 Å².